The number of rotatable bonds is 5. The lowest BCUT2D eigenvalue weighted by atomic mass is 9.96. The number of hydrogen-bond acceptors (Lipinski definition) is 3. The molecule has 2 rings (SSSR count). The number of nitrogens with zero attached hydrogens (tertiary/aromatic N) is 1. The molecule has 1 atom stereocenters. The summed E-state index contributed by atoms with van der Waals surface area (Å²) in [5.74, 6) is 1.94. The van der Waals surface area contributed by atoms with Gasteiger partial charge in [0.1, 0.15) is 11.5 Å². The lowest BCUT2D eigenvalue weighted by Gasteiger charge is -2.20. The zero-order chi connectivity index (χ0) is 14.5. The highest BCUT2D eigenvalue weighted by atomic mass is 16.5. The van der Waals surface area contributed by atoms with Crippen molar-refractivity contribution in [2.24, 2.45) is 0 Å². The van der Waals surface area contributed by atoms with E-state index in [1.165, 1.54) is 0 Å². The number of ether oxygens (including phenoxy) is 2. The topological polar surface area (TPSA) is 38.8 Å². The molecule has 1 amide bonds. The molecular weight excluding hydrogens is 254 g/mol. The molecular formula is C16H23NO3. The van der Waals surface area contributed by atoms with E-state index in [-0.39, 0.29) is 11.8 Å². The van der Waals surface area contributed by atoms with E-state index in [4.69, 9.17) is 9.47 Å². The van der Waals surface area contributed by atoms with Crippen LogP contribution in [0.2, 0.25) is 0 Å². The van der Waals surface area contributed by atoms with E-state index in [2.05, 4.69) is 6.92 Å². The van der Waals surface area contributed by atoms with E-state index in [0.717, 1.165) is 43.0 Å². The molecule has 0 spiro atoms. The number of carbonyl (C=O) groups is 1. The Morgan fingerprint density at radius 2 is 1.95 bits per heavy atom. The van der Waals surface area contributed by atoms with Crippen molar-refractivity contribution in [3.8, 4) is 11.5 Å². The summed E-state index contributed by atoms with van der Waals surface area (Å²) in [5.41, 5.74) is 1.06. The van der Waals surface area contributed by atoms with Crippen molar-refractivity contribution in [3.05, 3.63) is 23.8 Å². The molecule has 20 heavy (non-hydrogen) atoms. The summed E-state index contributed by atoms with van der Waals surface area (Å²) in [7, 11) is 3.28. The number of methoxy groups -OCH3 is 2. The maximum Gasteiger partial charge on any atom is 0.223 e. The smallest absolute Gasteiger partial charge is 0.223 e. The van der Waals surface area contributed by atoms with Crippen LogP contribution in [-0.2, 0) is 4.79 Å². The number of amides is 1. The molecule has 1 aliphatic heterocycles. The maximum atomic E-state index is 12.2. The normalized spacial score (nSPS) is 16.1. The van der Waals surface area contributed by atoms with Crippen LogP contribution in [-0.4, -0.2) is 38.1 Å². The first-order valence-corrected chi connectivity index (χ1v) is 7.15. The van der Waals surface area contributed by atoms with E-state index in [0.29, 0.717) is 6.42 Å². The lowest BCUT2D eigenvalue weighted by molar-refractivity contribution is -0.130. The molecule has 1 aliphatic rings. The average molecular weight is 277 g/mol. The fourth-order valence-electron chi connectivity index (χ4n) is 2.69. The van der Waals surface area contributed by atoms with Gasteiger partial charge in [-0.1, -0.05) is 13.0 Å². The standard InChI is InChI=1S/C16H23NO3/c1-12(10-16(18)17-8-4-5-9-17)14-7-6-13(19-2)11-15(14)20-3/h6-7,11-12H,4-5,8-10H2,1-3H3. The summed E-state index contributed by atoms with van der Waals surface area (Å²) in [4.78, 5) is 14.2. The van der Waals surface area contributed by atoms with Crippen molar-refractivity contribution in [3.63, 3.8) is 0 Å². The molecule has 4 nitrogen and oxygen atoms in total. The molecule has 0 aromatic heterocycles. The van der Waals surface area contributed by atoms with Crippen molar-refractivity contribution in [2.45, 2.75) is 32.1 Å². The van der Waals surface area contributed by atoms with E-state index in [1.54, 1.807) is 14.2 Å². The molecule has 0 radical (unpaired) electrons. The molecule has 0 saturated carbocycles. The Kier molecular flexibility index (Phi) is 4.88. The van der Waals surface area contributed by atoms with Gasteiger partial charge in [-0.05, 0) is 30.4 Å². The van der Waals surface area contributed by atoms with Crippen LogP contribution in [0.5, 0.6) is 11.5 Å². The van der Waals surface area contributed by atoms with Crippen LogP contribution >= 0.6 is 0 Å². The summed E-state index contributed by atoms with van der Waals surface area (Å²) < 4.78 is 10.6. The van der Waals surface area contributed by atoms with Crippen LogP contribution in [0.3, 0.4) is 0 Å². The van der Waals surface area contributed by atoms with Gasteiger partial charge in [0.2, 0.25) is 5.91 Å². The van der Waals surface area contributed by atoms with Gasteiger partial charge < -0.3 is 14.4 Å². The molecule has 110 valence electrons. The molecule has 1 fully saturated rings. The SMILES string of the molecule is COc1ccc(C(C)CC(=O)N2CCCC2)c(OC)c1. The monoisotopic (exact) mass is 277 g/mol. The largest absolute Gasteiger partial charge is 0.497 e. The first kappa shape index (κ1) is 14.7. The zero-order valence-electron chi connectivity index (χ0n) is 12.5. The van der Waals surface area contributed by atoms with E-state index < -0.39 is 0 Å². The van der Waals surface area contributed by atoms with Gasteiger partial charge in [0.15, 0.2) is 0 Å². The van der Waals surface area contributed by atoms with Crippen LogP contribution in [0, 0.1) is 0 Å². The van der Waals surface area contributed by atoms with Crippen LogP contribution in [0.4, 0.5) is 0 Å². The molecule has 1 aromatic rings. The van der Waals surface area contributed by atoms with Gasteiger partial charge in [-0.25, -0.2) is 0 Å². The third kappa shape index (κ3) is 3.24. The molecule has 0 N–H and O–H groups in total. The van der Waals surface area contributed by atoms with Gasteiger partial charge in [0.05, 0.1) is 14.2 Å². The predicted octanol–water partition coefficient (Wildman–Crippen LogP) is 2.82. The second-order valence-corrected chi connectivity index (χ2v) is 5.30. The molecule has 1 heterocycles. The van der Waals surface area contributed by atoms with Gasteiger partial charge in [-0.3, -0.25) is 4.79 Å². The van der Waals surface area contributed by atoms with Crippen molar-refractivity contribution < 1.29 is 14.3 Å². The fraction of sp³-hybridized carbons (Fsp3) is 0.562. The summed E-state index contributed by atoms with van der Waals surface area (Å²) in [6.07, 6.45) is 2.79. The first-order chi connectivity index (χ1) is 9.65. The van der Waals surface area contributed by atoms with Crippen molar-refractivity contribution in [2.75, 3.05) is 27.3 Å². The van der Waals surface area contributed by atoms with Gasteiger partial charge in [0.25, 0.3) is 0 Å². The Labute approximate surface area is 120 Å². The van der Waals surface area contributed by atoms with Gasteiger partial charge >= 0.3 is 0 Å². The highest BCUT2D eigenvalue weighted by Crippen LogP contribution is 2.32. The van der Waals surface area contributed by atoms with Crippen molar-refractivity contribution in [1.82, 2.24) is 4.90 Å². The van der Waals surface area contributed by atoms with Gasteiger partial charge in [-0.15, -0.1) is 0 Å². The summed E-state index contributed by atoms with van der Waals surface area (Å²) in [6, 6.07) is 5.76. The molecule has 0 aliphatic carbocycles. The maximum absolute atomic E-state index is 12.2. The minimum absolute atomic E-state index is 0.143. The predicted molar refractivity (Wildman–Crippen MR) is 78.4 cm³/mol. The van der Waals surface area contributed by atoms with Gasteiger partial charge in [0, 0.05) is 25.6 Å². The Hall–Kier alpha value is -1.71. The van der Waals surface area contributed by atoms with E-state index >= 15 is 0 Å². The second kappa shape index (κ2) is 6.64. The van der Waals surface area contributed by atoms with E-state index in [1.807, 2.05) is 23.1 Å². The summed E-state index contributed by atoms with van der Waals surface area (Å²) in [6.45, 7) is 3.88. The first-order valence-electron chi connectivity index (χ1n) is 7.15. The lowest BCUT2D eigenvalue weighted by Crippen LogP contribution is -2.28. The quantitative estimate of drug-likeness (QED) is 0.830. The van der Waals surface area contributed by atoms with Crippen LogP contribution in [0.25, 0.3) is 0 Å². The number of benzene rings is 1. The molecule has 4 heteroatoms. The second-order valence-electron chi connectivity index (χ2n) is 5.30. The molecule has 0 bridgehead atoms. The highest BCUT2D eigenvalue weighted by Gasteiger charge is 2.22. The summed E-state index contributed by atoms with van der Waals surface area (Å²) in [5, 5.41) is 0. The third-order valence-electron chi connectivity index (χ3n) is 3.91. The molecule has 1 saturated heterocycles. The fourth-order valence-corrected chi connectivity index (χ4v) is 2.69. The zero-order valence-corrected chi connectivity index (χ0v) is 12.5. The third-order valence-corrected chi connectivity index (χ3v) is 3.91. The van der Waals surface area contributed by atoms with Gasteiger partial charge in [-0.2, -0.15) is 0 Å². The minimum atomic E-state index is 0.143. The van der Waals surface area contributed by atoms with Crippen LogP contribution < -0.4 is 9.47 Å². The Bertz CT molecular complexity index is 467. The van der Waals surface area contributed by atoms with Crippen LogP contribution in [0.15, 0.2) is 18.2 Å². The number of carbonyl (C=O) groups excluding carboxylic acids is 1. The number of hydrogen-bond donors (Lipinski definition) is 0. The van der Waals surface area contributed by atoms with Crippen molar-refractivity contribution >= 4 is 5.91 Å². The molecule has 1 aromatic carbocycles. The van der Waals surface area contributed by atoms with Crippen LogP contribution in [0.1, 0.15) is 37.7 Å². The van der Waals surface area contributed by atoms with E-state index in [9.17, 15) is 4.79 Å². The Morgan fingerprint density at radius 1 is 1.25 bits per heavy atom. The Balaban J connectivity index is 2.07. The Morgan fingerprint density at radius 3 is 2.55 bits per heavy atom. The average Bonchev–Trinajstić information content (AvgIpc) is 3.00. The highest BCUT2D eigenvalue weighted by molar-refractivity contribution is 5.77. The number of likely N-dealkylation sites (tertiary alicyclic amines) is 1. The molecule has 1 unspecified atom stereocenters. The minimum Gasteiger partial charge on any atom is -0.497 e. The van der Waals surface area contributed by atoms with Crippen molar-refractivity contribution in [1.29, 1.82) is 0 Å². The summed E-state index contributed by atoms with van der Waals surface area (Å²) >= 11 is 0.